The van der Waals surface area contributed by atoms with Crippen LogP contribution in [0, 0.1) is 5.82 Å². The monoisotopic (exact) mass is 527 g/mol. The van der Waals surface area contributed by atoms with E-state index in [9.17, 15) is 9.18 Å². The Bertz CT molecular complexity index is 1390. The smallest absolute Gasteiger partial charge is 0.282 e. The summed E-state index contributed by atoms with van der Waals surface area (Å²) < 4.78 is 20.9. The van der Waals surface area contributed by atoms with Crippen LogP contribution in [0.3, 0.4) is 0 Å². The zero-order chi connectivity index (χ0) is 23.4. The molecule has 1 heterocycles. The molecule has 0 fully saturated rings. The van der Waals surface area contributed by atoms with E-state index >= 15 is 0 Å². The first-order chi connectivity index (χ1) is 15.9. The largest absolute Gasteiger partial charge is 0.487 e. The molecule has 1 aromatic heterocycles. The van der Waals surface area contributed by atoms with Crippen molar-refractivity contribution in [1.29, 1.82) is 0 Å². The highest BCUT2D eigenvalue weighted by atomic mass is 79.9. The first kappa shape index (κ1) is 23.1. The Hall–Kier alpha value is -3.03. The van der Waals surface area contributed by atoms with E-state index in [2.05, 4.69) is 26.0 Å². The summed E-state index contributed by atoms with van der Waals surface area (Å²) in [6.07, 6.45) is 3.02. The number of benzene rings is 3. The number of hydrogen-bond acceptors (Lipinski definition) is 4. The lowest BCUT2D eigenvalue weighted by atomic mass is 10.2. The number of fused-ring (bicyclic) bond motifs is 1. The number of halogens is 3. The summed E-state index contributed by atoms with van der Waals surface area (Å²) in [6.45, 7) is 2.29. The van der Waals surface area contributed by atoms with E-state index in [0.29, 0.717) is 39.5 Å². The van der Waals surface area contributed by atoms with E-state index in [0.717, 1.165) is 16.5 Å². The summed E-state index contributed by atoms with van der Waals surface area (Å²) in [7, 11) is 0. The zero-order valence-corrected chi connectivity index (χ0v) is 20.1. The Morgan fingerprint density at radius 3 is 2.67 bits per heavy atom. The molecular weight excluding hydrogens is 509 g/mol. The van der Waals surface area contributed by atoms with E-state index in [1.165, 1.54) is 16.8 Å². The molecule has 33 heavy (non-hydrogen) atoms. The minimum atomic E-state index is -0.295. The van der Waals surface area contributed by atoms with Crippen LogP contribution in [-0.4, -0.2) is 15.9 Å². The molecule has 3 aromatic carbocycles. The van der Waals surface area contributed by atoms with Gasteiger partial charge in [0, 0.05) is 10.9 Å². The van der Waals surface area contributed by atoms with Crippen molar-refractivity contribution in [2.75, 3.05) is 0 Å². The lowest BCUT2D eigenvalue weighted by Crippen LogP contribution is -2.22. The van der Waals surface area contributed by atoms with Gasteiger partial charge < -0.3 is 4.74 Å². The van der Waals surface area contributed by atoms with Crippen LogP contribution >= 0.6 is 27.5 Å². The molecule has 0 saturated carbocycles. The highest BCUT2D eigenvalue weighted by molar-refractivity contribution is 9.10. The van der Waals surface area contributed by atoms with E-state index in [4.69, 9.17) is 16.3 Å². The fourth-order valence-electron chi connectivity index (χ4n) is 3.28. The predicted molar refractivity (Wildman–Crippen MR) is 133 cm³/mol. The molecule has 0 aliphatic rings. The van der Waals surface area contributed by atoms with Crippen LogP contribution in [0.15, 0.2) is 75.0 Å². The molecule has 0 spiro atoms. The van der Waals surface area contributed by atoms with E-state index in [-0.39, 0.29) is 18.0 Å². The predicted octanol–water partition coefficient (Wildman–Crippen LogP) is 6.37. The first-order valence-electron chi connectivity index (χ1n) is 10.4. The Morgan fingerprint density at radius 1 is 1.15 bits per heavy atom. The van der Waals surface area contributed by atoms with Crippen molar-refractivity contribution in [1.82, 2.24) is 9.66 Å². The Labute approximate surface area is 203 Å². The van der Waals surface area contributed by atoms with Crippen molar-refractivity contribution in [2.45, 2.75) is 26.4 Å². The third kappa shape index (κ3) is 5.49. The fourth-order valence-corrected chi connectivity index (χ4v) is 3.88. The minimum Gasteiger partial charge on any atom is -0.487 e. The summed E-state index contributed by atoms with van der Waals surface area (Å²) in [5.41, 5.74) is 1.95. The van der Waals surface area contributed by atoms with Crippen LogP contribution in [-0.2, 0) is 13.0 Å². The Balaban J connectivity index is 1.59. The highest BCUT2D eigenvalue weighted by Crippen LogP contribution is 2.26. The van der Waals surface area contributed by atoms with Gasteiger partial charge in [0.25, 0.3) is 5.56 Å². The van der Waals surface area contributed by atoms with Gasteiger partial charge in [-0.3, -0.25) is 4.79 Å². The molecule has 0 saturated heterocycles. The van der Waals surface area contributed by atoms with Gasteiger partial charge in [-0.1, -0.05) is 46.6 Å². The molecular formula is C25H20BrClFN3O2. The van der Waals surface area contributed by atoms with Crippen molar-refractivity contribution in [3.8, 4) is 5.75 Å². The second kappa shape index (κ2) is 10.3. The first-order valence-corrected chi connectivity index (χ1v) is 11.5. The van der Waals surface area contributed by atoms with Gasteiger partial charge in [-0.15, -0.1) is 0 Å². The number of ether oxygens (including phenoxy) is 1. The topological polar surface area (TPSA) is 56.5 Å². The van der Waals surface area contributed by atoms with Crippen LogP contribution in [0.5, 0.6) is 5.75 Å². The van der Waals surface area contributed by atoms with E-state index in [1.54, 1.807) is 42.6 Å². The molecule has 0 unspecified atom stereocenters. The van der Waals surface area contributed by atoms with Crippen molar-refractivity contribution in [3.05, 3.63) is 103 Å². The third-order valence-electron chi connectivity index (χ3n) is 4.93. The van der Waals surface area contributed by atoms with Gasteiger partial charge in [-0.05, 0) is 66.1 Å². The van der Waals surface area contributed by atoms with Crippen LogP contribution < -0.4 is 10.3 Å². The van der Waals surface area contributed by atoms with Crippen LogP contribution in [0.4, 0.5) is 4.39 Å². The Morgan fingerprint density at radius 2 is 1.94 bits per heavy atom. The van der Waals surface area contributed by atoms with Gasteiger partial charge in [0.15, 0.2) is 0 Å². The second-order valence-electron chi connectivity index (χ2n) is 7.41. The van der Waals surface area contributed by atoms with E-state index < -0.39 is 0 Å². The molecule has 5 nitrogen and oxygen atoms in total. The molecule has 0 radical (unpaired) electrons. The maximum atomic E-state index is 13.1. The summed E-state index contributed by atoms with van der Waals surface area (Å²) >= 11 is 9.78. The zero-order valence-electron chi connectivity index (χ0n) is 17.8. The number of rotatable bonds is 7. The van der Waals surface area contributed by atoms with Crippen LogP contribution in [0.2, 0.25) is 5.02 Å². The molecule has 8 heteroatoms. The normalized spacial score (nSPS) is 11.4. The average molecular weight is 529 g/mol. The molecule has 0 N–H and O–H groups in total. The Kier molecular flexibility index (Phi) is 7.20. The molecule has 0 bridgehead atoms. The molecule has 168 valence electrons. The number of nitrogens with zero attached hydrogens (tertiary/aromatic N) is 3. The molecule has 4 aromatic rings. The third-order valence-corrected chi connectivity index (χ3v) is 5.72. The molecule has 4 rings (SSSR count). The summed E-state index contributed by atoms with van der Waals surface area (Å²) in [5.74, 6) is 0.800. The van der Waals surface area contributed by atoms with Crippen LogP contribution in [0.1, 0.15) is 30.3 Å². The fraction of sp³-hybridized carbons (Fsp3) is 0.160. The molecule has 0 aliphatic carbocycles. The average Bonchev–Trinajstić information content (AvgIpc) is 2.80. The highest BCUT2D eigenvalue weighted by Gasteiger charge is 2.11. The number of hydrogen-bond donors (Lipinski definition) is 0. The van der Waals surface area contributed by atoms with Gasteiger partial charge in [0.05, 0.1) is 22.1 Å². The van der Waals surface area contributed by atoms with Gasteiger partial charge in [-0.25, -0.2) is 9.37 Å². The molecule has 0 atom stereocenters. The number of aromatic nitrogens is 2. The SMILES string of the molecule is CCCc1nc2ccc(Br)cc2c(=O)n1N=Cc1ccc(OCc2ccc(F)cc2)c(Cl)c1. The second-order valence-corrected chi connectivity index (χ2v) is 8.73. The summed E-state index contributed by atoms with van der Waals surface area (Å²) in [6, 6.07) is 16.8. The van der Waals surface area contributed by atoms with Gasteiger partial charge in [0.2, 0.25) is 0 Å². The number of aryl methyl sites for hydroxylation is 1. The van der Waals surface area contributed by atoms with Crippen molar-refractivity contribution < 1.29 is 9.13 Å². The summed E-state index contributed by atoms with van der Waals surface area (Å²) in [4.78, 5) is 17.7. The van der Waals surface area contributed by atoms with Gasteiger partial charge in [-0.2, -0.15) is 9.78 Å². The lowest BCUT2D eigenvalue weighted by Gasteiger charge is -2.10. The molecule has 0 aliphatic heterocycles. The maximum Gasteiger partial charge on any atom is 0.282 e. The minimum absolute atomic E-state index is 0.230. The van der Waals surface area contributed by atoms with Crippen molar-refractivity contribution in [2.24, 2.45) is 5.10 Å². The maximum absolute atomic E-state index is 13.1. The van der Waals surface area contributed by atoms with E-state index in [1.807, 2.05) is 19.1 Å². The molecule has 0 amide bonds. The summed E-state index contributed by atoms with van der Waals surface area (Å²) in [5, 5.41) is 5.31. The van der Waals surface area contributed by atoms with Crippen LogP contribution in [0.25, 0.3) is 10.9 Å². The standard InChI is InChI=1S/C25H20BrClFN3O2/c1-2-3-24-30-22-10-7-18(26)13-20(22)25(32)31(24)29-14-17-6-11-23(21(27)12-17)33-15-16-4-8-19(28)9-5-16/h4-14H,2-3,15H2,1H3. The van der Waals surface area contributed by atoms with Crippen molar-refractivity contribution >= 4 is 44.6 Å². The lowest BCUT2D eigenvalue weighted by molar-refractivity contribution is 0.306. The quantitative estimate of drug-likeness (QED) is 0.262. The van der Waals surface area contributed by atoms with Gasteiger partial charge >= 0.3 is 0 Å². The van der Waals surface area contributed by atoms with Crippen molar-refractivity contribution in [3.63, 3.8) is 0 Å². The van der Waals surface area contributed by atoms with Gasteiger partial charge in [0.1, 0.15) is 24.0 Å².